The van der Waals surface area contributed by atoms with E-state index in [9.17, 15) is 9.18 Å². The molecule has 1 heterocycles. The molecular formula is C12H14ClFN2O. The molecule has 5 heteroatoms. The Bertz CT molecular complexity index is 419. The second-order valence-corrected chi connectivity index (χ2v) is 4.54. The number of benzene rings is 1. The molecule has 0 aliphatic carbocycles. The van der Waals surface area contributed by atoms with Crippen LogP contribution in [0.3, 0.4) is 0 Å². The lowest BCUT2D eigenvalue weighted by atomic mass is 10.2. The summed E-state index contributed by atoms with van der Waals surface area (Å²) in [5.41, 5.74) is 0.384. The average molecular weight is 257 g/mol. The first-order chi connectivity index (χ1) is 8.16. The van der Waals surface area contributed by atoms with Crippen molar-refractivity contribution in [3.8, 4) is 0 Å². The first-order valence-electron chi connectivity index (χ1n) is 5.63. The van der Waals surface area contributed by atoms with E-state index in [1.165, 1.54) is 18.2 Å². The SMILES string of the molecule is O=C(NCC1CCCN1)c1ccc(F)c(Cl)c1. The molecule has 2 N–H and O–H groups in total. The predicted octanol–water partition coefficient (Wildman–Crippen LogP) is 1.96. The molecule has 1 aromatic rings. The lowest BCUT2D eigenvalue weighted by Gasteiger charge is -2.11. The average Bonchev–Trinajstić information content (AvgIpc) is 2.82. The van der Waals surface area contributed by atoms with Crippen LogP contribution in [-0.2, 0) is 0 Å². The molecule has 1 saturated heterocycles. The Balaban J connectivity index is 1.92. The molecule has 0 spiro atoms. The van der Waals surface area contributed by atoms with Crippen molar-refractivity contribution in [1.82, 2.24) is 10.6 Å². The van der Waals surface area contributed by atoms with Crippen molar-refractivity contribution < 1.29 is 9.18 Å². The molecular weight excluding hydrogens is 243 g/mol. The summed E-state index contributed by atoms with van der Waals surface area (Å²) in [5.74, 6) is -0.735. The van der Waals surface area contributed by atoms with Gasteiger partial charge in [-0.3, -0.25) is 4.79 Å². The van der Waals surface area contributed by atoms with E-state index in [4.69, 9.17) is 11.6 Å². The Morgan fingerprint density at radius 3 is 3.06 bits per heavy atom. The maximum Gasteiger partial charge on any atom is 0.251 e. The third kappa shape index (κ3) is 3.17. The van der Waals surface area contributed by atoms with Gasteiger partial charge in [0.1, 0.15) is 5.82 Å². The van der Waals surface area contributed by atoms with Gasteiger partial charge in [0, 0.05) is 18.2 Å². The zero-order chi connectivity index (χ0) is 12.3. The summed E-state index contributed by atoms with van der Waals surface area (Å²) < 4.78 is 12.9. The minimum Gasteiger partial charge on any atom is -0.350 e. The van der Waals surface area contributed by atoms with E-state index in [2.05, 4.69) is 10.6 Å². The van der Waals surface area contributed by atoms with Crippen LogP contribution in [-0.4, -0.2) is 25.0 Å². The first kappa shape index (κ1) is 12.3. The molecule has 92 valence electrons. The largest absolute Gasteiger partial charge is 0.350 e. The van der Waals surface area contributed by atoms with Crippen LogP contribution in [0.1, 0.15) is 23.2 Å². The monoisotopic (exact) mass is 256 g/mol. The number of halogens is 2. The fourth-order valence-electron chi connectivity index (χ4n) is 1.89. The smallest absolute Gasteiger partial charge is 0.251 e. The molecule has 17 heavy (non-hydrogen) atoms. The molecule has 1 fully saturated rings. The van der Waals surface area contributed by atoms with Crippen molar-refractivity contribution in [3.63, 3.8) is 0 Å². The number of amides is 1. The Labute approximate surface area is 104 Å². The Morgan fingerprint density at radius 2 is 2.41 bits per heavy atom. The maximum absolute atomic E-state index is 12.9. The predicted molar refractivity (Wildman–Crippen MR) is 64.8 cm³/mol. The van der Waals surface area contributed by atoms with Crippen molar-refractivity contribution >= 4 is 17.5 Å². The van der Waals surface area contributed by atoms with Gasteiger partial charge < -0.3 is 10.6 Å². The summed E-state index contributed by atoms with van der Waals surface area (Å²) in [6, 6.07) is 4.31. The van der Waals surface area contributed by atoms with Gasteiger partial charge in [-0.25, -0.2) is 4.39 Å². The van der Waals surface area contributed by atoms with Crippen LogP contribution in [0.15, 0.2) is 18.2 Å². The second-order valence-electron chi connectivity index (χ2n) is 4.13. The normalized spacial score (nSPS) is 19.3. The summed E-state index contributed by atoms with van der Waals surface area (Å²) >= 11 is 5.62. The van der Waals surface area contributed by atoms with Gasteiger partial charge in [-0.1, -0.05) is 11.6 Å². The van der Waals surface area contributed by atoms with Crippen molar-refractivity contribution in [2.24, 2.45) is 0 Å². The van der Waals surface area contributed by atoms with Gasteiger partial charge >= 0.3 is 0 Å². The van der Waals surface area contributed by atoms with E-state index in [1.54, 1.807) is 0 Å². The summed E-state index contributed by atoms with van der Waals surface area (Å²) in [4.78, 5) is 11.7. The minimum atomic E-state index is -0.513. The van der Waals surface area contributed by atoms with E-state index in [0.717, 1.165) is 19.4 Å². The topological polar surface area (TPSA) is 41.1 Å². The Morgan fingerprint density at radius 1 is 1.59 bits per heavy atom. The molecule has 3 nitrogen and oxygen atoms in total. The van der Waals surface area contributed by atoms with Crippen LogP contribution in [0.2, 0.25) is 5.02 Å². The molecule has 0 aromatic heterocycles. The van der Waals surface area contributed by atoms with Crippen molar-refractivity contribution in [2.45, 2.75) is 18.9 Å². The molecule has 1 unspecified atom stereocenters. The molecule has 0 bridgehead atoms. The highest BCUT2D eigenvalue weighted by Gasteiger charge is 2.15. The van der Waals surface area contributed by atoms with Crippen LogP contribution < -0.4 is 10.6 Å². The number of rotatable bonds is 3. The van der Waals surface area contributed by atoms with Gasteiger partial charge in [-0.2, -0.15) is 0 Å². The summed E-state index contributed by atoms with van der Waals surface area (Å²) in [7, 11) is 0. The van der Waals surface area contributed by atoms with Crippen molar-refractivity contribution in [1.29, 1.82) is 0 Å². The number of nitrogens with one attached hydrogen (secondary N) is 2. The van der Waals surface area contributed by atoms with Crippen molar-refractivity contribution in [3.05, 3.63) is 34.6 Å². The van der Waals surface area contributed by atoms with Gasteiger partial charge in [-0.15, -0.1) is 0 Å². The molecule has 1 atom stereocenters. The van der Waals surface area contributed by atoms with Gasteiger partial charge in [0.15, 0.2) is 0 Å². The molecule has 1 aliphatic heterocycles. The van der Waals surface area contributed by atoms with Gasteiger partial charge in [0.25, 0.3) is 5.91 Å². The van der Waals surface area contributed by atoms with E-state index in [-0.39, 0.29) is 10.9 Å². The van der Waals surface area contributed by atoms with E-state index in [0.29, 0.717) is 18.2 Å². The Hall–Kier alpha value is -1.13. The first-order valence-corrected chi connectivity index (χ1v) is 6.01. The summed E-state index contributed by atoms with van der Waals surface area (Å²) in [6.45, 7) is 1.59. The zero-order valence-electron chi connectivity index (χ0n) is 9.30. The summed E-state index contributed by atoms with van der Waals surface area (Å²) in [5, 5.41) is 6.06. The minimum absolute atomic E-state index is 0.0309. The lowest BCUT2D eigenvalue weighted by molar-refractivity contribution is 0.0950. The van der Waals surface area contributed by atoms with Crippen LogP contribution in [0.5, 0.6) is 0 Å². The number of hydrogen-bond donors (Lipinski definition) is 2. The maximum atomic E-state index is 12.9. The molecule has 2 rings (SSSR count). The number of hydrogen-bond acceptors (Lipinski definition) is 2. The lowest BCUT2D eigenvalue weighted by Crippen LogP contribution is -2.37. The molecule has 1 aliphatic rings. The molecule has 0 radical (unpaired) electrons. The molecule has 1 amide bonds. The standard InChI is InChI=1S/C12H14ClFN2O/c13-10-6-8(3-4-11(10)14)12(17)16-7-9-2-1-5-15-9/h3-4,6,9,15H,1-2,5,7H2,(H,16,17). The van der Waals surface area contributed by atoms with E-state index in [1.807, 2.05) is 0 Å². The van der Waals surface area contributed by atoms with Crippen LogP contribution in [0.25, 0.3) is 0 Å². The highest BCUT2D eigenvalue weighted by molar-refractivity contribution is 6.31. The Kier molecular flexibility index (Phi) is 3.97. The second kappa shape index (κ2) is 5.47. The fourth-order valence-corrected chi connectivity index (χ4v) is 2.07. The van der Waals surface area contributed by atoms with Gasteiger partial charge in [0.05, 0.1) is 5.02 Å². The zero-order valence-corrected chi connectivity index (χ0v) is 10.1. The van der Waals surface area contributed by atoms with Crippen LogP contribution in [0, 0.1) is 5.82 Å². The number of carbonyl (C=O) groups excluding carboxylic acids is 1. The third-order valence-electron chi connectivity index (χ3n) is 2.85. The number of carbonyl (C=O) groups is 1. The van der Waals surface area contributed by atoms with E-state index < -0.39 is 5.82 Å². The highest BCUT2D eigenvalue weighted by atomic mass is 35.5. The van der Waals surface area contributed by atoms with Crippen LogP contribution in [0.4, 0.5) is 4.39 Å². The highest BCUT2D eigenvalue weighted by Crippen LogP contribution is 2.15. The quantitative estimate of drug-likeness (QED) is 0.868. The van der Waals surface area contributed by atoms with E-state index >= 15 is 0 Å². The van der Waals surface area contributed by atoms with Gasteiger partial charge in [-0.05, 0) is 37.6 Å². The fraction of sp³-hybridized carbons (Fsp3) is 0.417. The molecule has 0 saturated carbocycles. The summed E-state index contributed by atoms with van der Waals surface area (Å²) in [6.07, 6.45) is 2.22. The third-order valence-corrected chi connectivity index (χ3v) is 3.14. The van der Waals surface area contributed by atoms with Crippen molar-refractivity contribution in [2.75, 3.05) is 13.1 Å². The molecule has 1 aromatic carbocycles. The van der Waals surface area contributed by atoms with Gasteiger partial charge in [0.2, 0.25) is 0 Å². The van der Waals surface area contributed by atoms with Crippen LogP contribution >= 0.6 is 11.6 Å².